The molecule has 0 aliphatic carbocycles. The quantitative estimate of drug-likeness (QED) is 0.198. The van der Waals surface area contributed by atoms with Crippen LogP contribution in [0.25, 0.3) is 22.2 Å². The van der Waals surface area contributed by atoms with Crippen LogP contribution in [0.5, 0.6) is 5.75 Å². The normalized spacial score (nSPS) is 16.9. The van der Waals surface area contributed by atoms with Crippen molar-refractivity contribution < 1.29 is 31.4 Å². The van der Waals surface area contributed by atoms with Crippen molar-refractivity contribution in [1.82, 2.24) is 24.2 Å². The Hall–Kier alpha value is -3.85. The van der Waals surface area contributed by atoms with Crippen LogP contribution in [-0.2, 0) is 15.6 Å². The van der Waals surface area contributed by atoms with Crippen LogP contribution in [0.15, 0.2) is 82.4 Å². The van der Waals surface area contributed by atoms with Gasteiger partial charge in [0.15, 0.2) is 5.82 Å². The molecule has 0 saturated heterocycles. The van der Waals surface area contributed by atoms with Crippen LogP contribution in [0.4, 0.5) is 13.2 Å². The fourth-order valence-corrected chi connectivity index (χ4v) is 7.23. The zero-order valence-electron chi connectivity index (χ0n) is 23.2. The molecular formula is C30H25BrF3N5O4S. The van der Waals surface area contributed by atoms with Crippen molar-refractivity contribution in [3.63, 3.8) is 0 Å². The van der Waals surface area contributed by atoms with Crippen LogP contribution >= 0.6 is 15.9 Å². The van der Waals surface area contributed by atoms with E-state index in [4.69, 9.17) is 4.74 Å². The number of fused-ring (bicyclic) bond motifs is 3. The monoisotopic (exact) mass is 687 g/mol. The number of hydrogen-bond acceptors (Lipinski definition) is 7. The SMILES string of the molecule is CC(C)(O)c1ncc(-c2cc3c(cc2F)nc2n3[C@@H](c3c(Br)cccc3OC(F)F)C[C@H]2NS(=O)(=O)c2ccccc2)cn1. The number of aromatic nitrogens is 4. The highest BCUT2D eigenvalue weighted by Gasteiger charge is 2.40. The van der Waals surface area contributed by atoms with E-state index < -0.39 is 40.1 Å². The number of halogens is 4. The molecule has 2 atom stereocenters. The lowest BCUT2D eigenvalue weighted by Crippen LogP contribution is -2.28. The maximum absolute atomic E-state index is 15.5. The lowest BCUT2D eigenvalue weighted by Gasteiger charge is -2.21. The predicted molar refractivity (Wildman–Crippen MR) is 159 cm³/mol. The van der Waals surface area contributed by atoms with Crippen molar-refractivity contribution >= 4 is 37.0 Å². The predicted octanol–water partition coefficient (Wildman–Crippen LogP) is 6.24. The van der Waals surface area contributed by atoms with Gasteiger partial charge in [0.1, 0.15) is 23.0 Å². The molecule has 0 fully saturated rings. The maximum Gasteiger partial charge on any atom is 0.387 e. The Morgan fingerprint density at radius 3 is 2.45 bits per heavy atom. The molecule has 1 aliphatic heterocycles. The minimum Gasteiger partial charge on any atom is -0.434 e. The van der Waals surface area contributed by atoms with Crippen LogP contribution < -0.4 is 9.46 Å². The first-order valence-electron chi connectivity index (χ1n) is 13.4. The summed E-state index contributed by atoms with van der Waals surface area (Å²) in [5, 5.41) is 10.2. The Morgan fingerprint density at radius 2 is 1.80 bits per heavy atom. The fourth-order valence-electron chi connectivity index (χ4n) is 5.39. The van der Waals surface area contributed by atoms with Crippen molar-refractivity contribution in [2.24, 2.45) is 0 Å². The number of nitrogens with one attached hydrogen (secondary N) is 1. The Morgan fingerprint density at radius 1 is 1.09 bits per heavy atom. The van der Waals surface area contributed by atoms with Gasteiger partial charge in [0, 0.05) is 39.6 Å². The number of hydrogen-bond donors (Lipinski definition) is 2. The molecule has 5 aromatic rings. The van der Waals surface area contributed by atoms with E-state index in [0.29, 0.717) is 21.1 Å². The van der Waals surface area contributed by atoms with Gasteiger partial charge in [0.2, 0.25) is 10.0 Å². The number of aliphatic hydroxyl groups is 1. The van der Waals surface area contributed by atoms with Gasteiger partial charge in [-0.25, -0.2) is 32.5 Å². The molecule has 0 spiro atoms. The van der Waals surface area contributed by atoms with Gasteiger partial charge in [0.05, 0.1) is 28.0 Å². The van der Waals surface area contributed by atoms with Crippen molar-refractivity contribution in [3.05, 3.63) is 101 Å². The van der Waals surface area contributed by atoms with E-state index in [9.17, 15) is 22.3 Å². The minimum atomic E-state index is -4.02. The van der Waals surface area contributed by atoms with Gasteiger partial charge in [-0.15, -0.1) is 0 Å². The summed E-state index contributed by atoms with van der Waals surface area (Å²) >= 11 is 3.46. The molecule has 0 amide bonds. The molecule has 44 heavy (non-hydrogen) atoms. The lowest BCUT2D eigenvalue weighted by molar-refractivity contribution is -0.0507. The second-order valence-electron chi connectivity index (χ2n) is 10.8. The first-order valence-corrected chi connectivity index (χ1v) is 15.7. The molecule has 228 valence electrons. The van der Waals surface area contributed by atoms with E-state index in [1.807, 2.05) is 0 Å². The summed E-state index contributed by atoms with van der Waals surface area (Å²) in [7, 11) is -4.02. The molecule has 2 aromatic heterocycles. The van der Waals surface area contributed by atoms with E-state index in [-0.39, 0.29) is 39.8 Å². The molecule has 1 aliphatic rings. The second-order valence-corrected chi connectivity index (χ2v) is 13.4. The molecule has 14 heteroatoms. The van der Waals surface area contributed by atoms with E-state index in [0.717, 1.165) is 0 Å². The number of sulfonamides is 1. The topological polar surface area (TPSA) is 119 Å². The zero-order valence-corrected chi connectivity index (χ0v) is 25.7. The number of nitrogens with zero attached hydrogens (tertiary/aromatic N) is 4. The summed E-state index contributed by atoms with van der Waals surface area (Å²) in [5.74, 6) is -0.304. The zero-order chi connectivity index (χ0) is 31.4. The number of alkyl halides is 2. The second kappa shape index (κ2) is 11.3. The van der Waals surface area contributed by atoms with Gasteiger partial charge >= 0.3 is 6.61 Å². The van der Waals surface area contributed by atoms with Crippen molar-refractivity contribution in [3.8, 4) is 16.9 Å². The van der Waals surface area contributed by atoms with E-state index in [1.165, 1.54) is 56.6 Å². The van der Waals surface area contributed by atoms with E-state index in [2.05, 4.69) is 35.6 Å². The van der Waals surface area contributed by atoms with Crippen LogP contribution in [0.2, 0.25) is 0 Å². The summed E-state index contributed by atoms with van der Waals surface area (Å²) < 4.78 is 78.9. The van der Waals surface area contributed by atoms with Crippen molar-refractivity contribution in [2.75, 3.05) is 0 Å². The standard InChI is InChI=1S/C30H25BrF3N5O4S/c1-30(2,40)28-35-14-16(15-36-28)18-11-23-21(12-20(18)32)37-27-22(38-44(41,42)17-7-4-3-5-8-17)13-24(39(23)27)26-19(31)9-6-10-25(26)43-29(33)34/h3-12,14-15,22,24,29,38,40H,13H2,1-2H3/t22-,24-/m1/s1. The van der Waals surface area contributed by atoms with Crippen LogP contribution in [0.3, 0.4) is 0 Å². The van der Waals surface area contributed by atoms with Gasteiger partial charge in [0.25, 0.3) is 0 Å². The number of benzene rings is 3. The molecular weight excluding hydrogens is 663 g/mol. The van der Waals surface area contributed by atoms with Gasteiger partial charge < -0.3 is 14.4 Å². The molecule has 0 radical (unpaired) electrons. The van der Waals surface area contributed by atoms with Crippen molar-refractivity contribution in [2.45, 2.75) is 49.5 Å². The summed E-state index contributed by atoms with van der Waals surface area (Å²) in [6, 6.07) is 13.5. The third kappa shape index (κ3) is 5.58. The molecule has 6 rings (SSSR count). The van der Waals surface area contributed by atoms with Gasteiger partial charge in [-0.2, -0.15) is 8.78 Å². The summed E-state index contributed by atoms with van der Waals surface area (Å²) in [5.41, 5.74) is 0.153. The number of imidazole rings is 1. The highest BCUT2D eigenvalue weighted by Crippen LogP contribution is 2.47. The Labute approximate surface area is 258 Å². The highest BCUT2D eigenvalue weighted by atomic mass is 79.9. The molecule has 2 N–H and O–H groups in total. The third-order valence-electron chi connectivity index (χ3n) is 7.31. The van der Waals surface area contributed by atoms with Gasteiger partial charge in [-0.05, 0) is 50.6 Å². The third-order valence-corrected chi connectivity index (χ3v) is 9.49. The Kier molecular flexibility index (Phi) is 7.72. The Bertz CT molecular complexity index is 1970. The molecule has 0 bridgehead atoms. The van der Waals surface area contributed by atoms with Gasteiger partial charge in [-0.3, -0.25) is 0 Å². The van der Waals surface area contributed by atoms with Crippen molar-refractivity contribution in [1.29, 1.82) is 0 Å². The van der Waals surface area contributed by atoms with Gasteiger partial charge in [-0.1, -0.05) is 40.2 Å². The van der Waals surface area contributed by atoms with E-state index >= 15 is 4.39 Å². The first-order chi connectivity index (χ1) is 20.8. The van der Waals surface area contributed by atoms with Crippen LogP contribution in [0, 0.1) is 5.82 Å². The summed E-state index contributed by atoms with van der Waals surface area (Å²) in [6.07, 6.45) is 2.88. The lowest BCUT2D eigenvalue weighted by atomic mass is 10.0. The maximum atomic E-state index is 15.5. The average Bonchev–Trinajstić information content (AvgIpc) is 3.49. The molecule has 3 aromatic carbocycles. The number of ether oxygens (including phenoxy) is 1. The van der Waals surface area contributed by atoms with Crippen LogP contribution in [0.1, 0.15) is 49.6 Å². The summed E-state index contributed by atoms with van der Waals surface area (Å²) in [6.45, 7) is -0.0513. The molecule has 3 heterocycles. The average molecular weight is 689 g/mol. The highest BCUT2D eigenvalue weighted by molar-refractivity contribution is 9.10. The minimum absolute atomic E-state index is 0.0385. The fraction of sp³-hybridized carbons (Fsp3) is 0.233. The summed E-state index contributed by atoms with van der Waals surface area (Å²) in [4.78, 5) is 13.0. The molecule has 0 unspecified atom stereocenters. The Balaban J connectivity index is 1.53. The molecule has 9 nitrogen and oxygen atoms in total. The largest absolute Gasteiger partial charge is 0.434 e. The van der Waals surface area contributed by atoms with Crippen LogP contribution in [-0.4, -0.2) is 39.7 Å². The smallest absolute Gasteiger partial charge is 0.387 e. The molecule has 0 saturated carbocycles. The first kappa shape index (κ1) is 30.2. The van der Waals surface area contributed by atoms with E-state index in [1.54, 1.807) is 34.9 Å². The number of rotatable bonds is 8.